The lowest BCUT2D eigenvalue weighted by atomic mass is 9.84. The van der Waals surface area contributed by atoms with Crippen molar-refractivity contribution >= 4 is 11.8 Å². The van der Waals surface area contributed by atoms with Gasteiger partial charge in [-0.05, 0) is 54.8 Å². The first-order chi connectivity index (χ1) is 19.6. The van der Waals surface area contributed by atoms with Crippen molar-refractivity contribution in [1.82, 2.24) is 10.9 Å². The Morgan fingerprint density at radius 1 is 1.07 bits per heavy atom. The topological polar surface area (TPSA) is 101 Å². The fraction of sp³-hybridized carbons (Fsp3) is 0.312. The molecule has 40 heavy (non-hydrogen) atoms. The summed E-state index contributed by atoms with van der Waals surface area (Å²) in [6.45, 7) is 7.47. The summed E-state index contributed by atoms with van der Waals surface area (Å²) >= 11 is 0. The second kappa shape index (κ2) is 14.3. The van der Waals surface area contributed by atoms with Crippen molar-refractivity contribution in [2.75, 3.05) is 26.4 Å². The Labute approximate surface area is 235 Å². The summed E-state index contributed by atoms with van der Waals surface area (Å²) in [6.07, 6.45) is 2.55. The predicted molar refractivity (Wildman–Crippen MR) is 155 cm³/mol. The van der Waals surface area contributed by atoms with Gasteiger partial charge in [0.1, 0.15) is 11.5 Å². The van der Waals surface area contributed by atoms with Crippen molar-refractivity contribution in [2.45, 2.75) is 37.8 Å². The van der Waals surface area contributed by atoms with Crippen LogP contribution in [0.15, 0.2) is 96.5 Å². The van der Waals surface area contributed by atoms with Crippen molar-refractivity contribution in [2.24, 2.45) is 4.99 Å². The predicted octanol–water partition coefficient (Wildman–Crippen LogP) is 4.54. The van der Waals surface area contributed by atoms with Gasteiger partial charge in [0.2, 0.25) is 5.90 Å². The minimum absolute atomic E-state index is 0.0759. The summed E-state index contributed by atoms with van der Waals surface area (Å²) in [6, 6.07) is 24.9. The number of aliphatic hydroxyl groups excluding tert-OH is 1. The summed E-state index contributed by atoms with van der Waals surface area (Å²) in [5.74, 6) is 1.59. The Bertz CT molecular complexity index is 1280. The van der Waals surface area contributed by atoms with Crippen molar-refractivity contribution < 1.29 is 24.1 Å². The zero-order chi connectivity index (χ0) is 28.2. The number of carbonyl (C=O) groups is 1. The summed E-state index contributed by atoms with van der Waals surface area (Å²) in [4.78, 5) is 18.7. The van der Waals surface area contributed by atoms with Crippen LogP contribution in [0.25, 0.3) is 0 Å². The van der Waals surface area contributed by atoms with Gasteiger partial charge in [0, 0.05) is 31.6 Å². The van der Waals surface area contributed by atoms with Crippen LogP contribution in [0.5, 0.6) is 11.5 Å². The van der Waals surface area contributed by atoms with E-state index in [0.717, 1.165) is 22.4 Å². The standard InChI is InChI=1S/C32H37N3O5/c1-3-20-32(31(37)35-33-21-19-24-11-8-9-14-28(24)38-4-2)29(25-12-6-5-7-13-25)40-30(34-32)26-15-17-27(18-16-26)39-23-10-22-36/h3,5-9,11-18,29,33,36H,1,4,10,19-23H2,2H3,(H,35,37)/t29-,32-/m0/s1. The first kappa shape index (κ1) is 28.9. The molecule has 1 aliphatic heterocycles. The molecular weight excluding hydrogens is 506 g/mol. The maximum Gasteiger partial charge on any atom is 0.266 e. The Kier molecular flexibility index (Phi) is 10.3. The molecule has 3 aromatic carbocycles. The molecule has 3 aromatic rings. The number of hydrogen-bond acceptors (Lipinski definition) is 7. The highest BCUT2D eigenvalue weighted by atomic mass is 16.5. The van der Waals surface area contributed by atoms with Crippen molar-refractivity contribution in [3.05, 3.63) is 108 Å². The second-order valence-electron chi connectivity index (χ2n) is 9.36. The highest BCUT2D eigenvalue weighted by Crippen LogP contribution is 2.42. The van der Waals surface area contributed by atoms with Crippen LogP contribution in [0.1, 0.15) is 42.6 Å². The molecule has 210 valence electrons. The van der Waals surface area contributed by atoms with Crippen molar-refractivity contribution in [1.29, 1.82) is 0 Å². The van der Waals surface area contributed by atoms with Crippen LogP contribution >= 0.6 is 0 Å². The quantitative estimate of drug-likeness (QED) is 0.148. The Balaban J connectivity index is 1.53. The number of nitrogens with zero attached hydrogens (tertiary/aromatic N) is 1. The van der Waals surface area contributed by atoms with E-state index >= 15 is 0 Å². The number of aliphatic hydroxyl groups is 1. The SMILES string of the molecule is C=CC[C@]1(C(=O)NNCCc2ccccc2OCC)N=C(c2ccc(OCCCO)cc2)O[C@H]1c1ccccc1. The molecule has 0 bridgehead atoms. The third-order valence-electron chi connectivity index (χ3n) is 6.58. The van der Waals surface area contributed by atoms with Crippen LogP contribution in [-0.4, -0.2) is 48.8 Å². The number of benzene rings is 3. The lowest BCUT2D eigenvalue weighted by molar-refractivity contribution is -0.129. The minimum Gasteiger partial charge on any atom is -0.494 e. The molecule has 1 aliphatic rings. The van der Waals surface area contributed by atoms with E-state index < -0.39 is 11.6 Å². The number of nitrogens with one attached hydrogen (secondary N) is 2. The van der Waals surface area contributed by atoms with Crippen molar-refractivity contribution in [3.8, 4) is 11.5 Å². The fourth-order valence-electron chi connectivity index (χ4n) is 4.62. The van der Waals surface area contributed by atoms with Gasteiger partial charge in [-0.3, -0.25) is 10.2 Å². The number of hydrogen-bond donors (Lipinski definition) is 3. The molecule has 0 unspecified atom stereocenters. The molecule has 0 aliphatic carbocycles. The van der Waals surface area contributed by atoms with Crippen LogP contribution in [0, 0.1) is 0 Å². The molecule has 2 atom stereocenters. The van der Waals surface area contributed by atoms with E-state index in [-0.39, 0.29) is 18.9 Å². The molecule has 1 amide bonds. The third-order valence-corrected chi connectivity index (χ3v) is 6.58. The summed E-state index contributed by atoms with van der Waals surface area (Å²) in [5, 5.41) is 8.98. The number of carbonyl (C=O) groups excluding carboxylic acids is 1. The molecule has 8 heteroatoms. The lowest BCUT2D eigenvalue weighted by Gasteiger charge is -2.29. The maximum atomic E-state index is 13.8. The highest BCUT2D eigenvalue weighted by Gasteiger charge is 2.52. The van der Waals surface area contributed by atoms with Crippen molar-refractivity contribution in [3.63, 3.8) is 0 Å². The number of aliphatic imine (C=N–C) groups is 1. The lowest BCUT2D eigenvalue weighted by Crippen LogP contribution is -2.52. The zero-order valence-electron chi connectivity index (χ0n) is 22.8. The van der Waals surface area contributed by atoms with Crippen LogP contribution in [-0.2, 0) is 16.0 Å². The van der Waals surface area contributed by atoms with E-state index in [1.54, 1.807) is 6.08 Å². The van der Waals surface area contributed by atoms with E-state index in [1.807, 2.05) is 85.8 Å². The number of ether oxygens (including phenoxy) is 3. The smallest absolute Gasteiger partial charge is 0.266 e. The van der Waals surface area contributed by atoms with E-state index in [1.165, 1.54) is 0 Å². The van der Waals surface area contributed by atoms with Gasteiger partial charge in [-0.25, -0.2) is 10.4 Å². The van der Waals surface area contributed by atoms with Gasteiger partial charge in [-0.2, -0.15) is 0 Å². The van der Waals surface area contributed by atoms with Gasteiger partial charge in [0.05, 0.1) is 13.2 Å². The number of para-hydroxylation sites is 1. The molecule has 4 rings (SSSR count). The number of amides is 1. The molecular formula is C32H37N3O5. The minimum atomic E-state index is -1.26. The van der Waals surface area contributed by atoms with Crippen LogP contribution in [0.2, 0.25) is 0 Å². The van der Waals surface area contributed by atoms with Crippen LogP contribution in [0.4, 0.5) is 0 Å². The van der Waals surface area contributed by atoms with E-state index in [4.69, 9.17) is 24.3 Å². The number of rotatable bonds is 15. The summed E-state index contributed by atoms with van der Waals surface area (Å²) in [5.41, 5.74) is 7.32. The molecule has 0 saturated heterocycles. The first-order valence-electron chi connectivity index (χ1n) is 13.6. The van der Waals surface area contributed by atoms with Crippen LogP contribution < -0.4 is 20.3 Å². The van der Waals surface area contributed by atoms with Gasteiger partial charge in [-0.1, -0.05) is 54.6 Å². The number of hydrazine groups is 1. The molecule has 0 spiro atoms. The van der Waals surface area contributed by atoms with E-state index in [9.17, 15) is 4.79 Å². The zero-order valence-corrected chi connectivity index (χ0v) is 22.8. The molecule has 0 saturated carbocycles. The molecule has 1 heterocycles. The van der Waals surface area contributed by atoms with Gasteiger partial charge in [0.25, 0.3) is 5.91 Å². The third kappa shape index (κ3) is 6.89. The highest BCUT2D eigenvalue weighted by molar-refractivity contribution is 6.01. The molecule has 0 radical (unpaired) electrons. The van der Waals surface area contributed by atoms with Gasteiger partial charge < -0.3 is 19.3 Å². The molecule has 0 aromatic heterocycles. The Morgan fingerprint density at radius 2 is 1.82 bits per heavy atom. The first-order valence-corrected chi connectivity index (χ1v) is 13.6. The van der Waals surface area contributed by atoms with Gasteiger partial charge in [-0.15, -0.1) is 6.58 Å². The Morgan fingerprint density at radius 3 is 2.55 bits per heavy atom. The van der Waals surface area contributed by atoms with E-state index in [2.05, 4.69) is 17.4 Å². The monoisotopic (exact) mass is 543 g/mol. The average molecular weight is 544 g/mol. The van der Waals surface area contributed by atoms with E-state index in [0.29, 0.717) is 44.2 Å². The second-order valence-corrected chi connectivity index (χ2v) is 9.36. The summed E-state index contributed by atoms with van der Waals surface area (Å²) < 4.78 is 17.8. The van der Waals surface area contributed by atoms with Crippen LogP contribution in [0.3, 0.4) is 0 Å². The van der Waals surface area contributed by atoms with Gasteiger partial charge >= 0.3 is 0 Å². The molecule has 8 nitrogen and oxygen atoms in total. The fourth-order valence-corrected chi connectivity index (χ4v) is 4.62. The normalized spacial score (nSPS) is 17.9. The largest absolute Gasteiger partial charge is 0.494 e. The summed E-state index contributed by atoms with van der Waals surface area (Å²) in [7, 11) is 0. The van der Waals surface area contributed by atoms with Gasteiger partial charge in [0.15, 0.2) is 11.6 Å². The Hall–Kier alpha value is -4.14. The average Bonchev–Trinajstić information content (AvgIpc) is 3.38. The molecule has 3 N–H and O–H groups in total. The molecule has 0 fully saturated rings. The maximum absolute atomic E-state index is 13.8.